The van der Waals surface area contributed by atoms with Crippen LogP contribution in [-0.4, -0.2) is 50.6 Å². The summed E-state index contributed by atoms with van der Waals surface area (Å²) in [6, 6.07) is 1.70. The third kappa shape index (κ3) is 9.52. The minimum atomic E-state index is -0.696. The lowest BCUT2D eigenvalue weighted by Crippen LogP contribution is -2.21. The molecule has 0 heterocycles. The maximum Gasteiger partial charge on any atom is 0.411 e. The van der Waals surface area contributed by atoms with Gasteiger partial charge in [0.1, 0.15) is 0 Å². The number of carbonyl (C=O) groups excluding carboxylic acids is 4. The Morgan fingerprint density at radius 1 is 0.800 bits per heavy atom. The first-order valence-corrected chi connectivity index (χ1v) is 11.2. The maximum absolute atomic E-state index is 12.3. The van der Waals surface area contributed by atoms with Gasteiger partial charge in [-0.05, 0) is 51.8 Å². The maximum atomic E-state index is 12.3. The van der Waals surface area contributed by atoms with Crippen LogP contribution >= 0.6 is 0 Å². The van der Waals surface area contributed by atoms with E-state index in [-0.39, 0.29) is 44.0 Å². The number of anilines is 2. The number of amides is 2. The number of carbonyl (C=O) groups is 4. The molecule has 192 valence electrons. The third-order valence-corrected chi connectivity index (χ3v) is 4.70. The van der Waals surface area contributed by atoms with Gasteiger partial charge in [-0.1, -0.05) is 13.2 Å². The summed E-state index contributed by atoms with van der Waals surface area (Å²) in [6.45, 7) is 15.6. The smallest absolute Gasteiger partial charge is 0.411 e. The molecule has 1 aromatic carbocycles. The molecule has 1 aromatic rings. The van der Waals surface area contributed by atoms with Crippen molar-refractivity contribution in [2.24, 2.45) is 0 Å². The number of rotatable bonds is 12. The zero-order valence-electron chi connectivity index (χ0n) is 21.0. The molecule has 0 atom stereocenters. The highest BCUT2D eigenvalue weighted by atomic mass is 16.6. The van der Waals surface area contributed by atoms with Crippen molar-refractivity contribution in [2.75, 3.05) is 37.1 Å². The van der Waals surface area contributed by atoms with Crippen molar-refractivity contribution in [3.05, 3.63) is 47.1 Å². The summed E-state index contributed by atoms with van der Waals surface area (Å²) >= 11 is 0. The van der Waals surface area contributed by atoms with Crippen molar-refractivity contribution in [2.45, 2.75) is 47.5 Å². The SMILES string of the molecule is C=C(C)C(=O)OCCc1cc(NC(=O)OCC)c(CCOC(=O)C(=C)C)c(NC(=O)OCC)c1C. The van der Waals surface area contributed by atoms with Crippen LogP contribution in [0.4, 0.5) is 21.0 Å². The average molecular weight is 491 g/mol. The van der Waals surface area contributed by atoms with Gasteiger partial charge in [-0.25, -0.2) is 19.2 Å². The first-order chi connectivity index (χ1) is 16.5. The van der Waals surface area contributed by atoms with Crippen molar-refractivity contribution in [3.8, 4) is 0 Å². The zero-order chi connectivity index (χ0) is 26.5. The summed E-state index contributed by atoms with van der Waals surface area (Å²) in [4.78, 5) is 48.1. The Kier molecular flexibility index (Phi) is 12.1. The molecule has 35 heavy (non-hydrogen) atoms. The van der Waals surface area contributed by atoms with Crippen molar-refractivity contribution in [1.82, 2.24) is 0 Å². The fraction of sp³-hybridized carbons (Fsp3) is 0.440. The normalized spacial score (nSPS) is 10.1. The summed E-state index contributed by atoms with van der Waals surface area (Å²) in [5.41, 5.74) is 3.10. The summed E-state index contributed by atoms with van der Waals surface area (Å²) in [5, 5.41) is 5.38. The van der Waals surface area contributed by atoms with Crippen molar-refractivity contribution in [1.29, 1.82) is 0 Å². The predicted molar refractivity (Wildman–Crippen MR) is 131 cm³/mol. The largest absolute Gasteiger partial charge is 0.462 e. The molecule has 0 fully saturated rings. The lowest BCUT2D eigenvalue weighted by molar-refractivity contribution is -0.139. The van der Waals surface area contributed by atoms with Gasteiger partial charge >= 0.3 is 24.1 Å². The van der Waals surface area contributed by atoms with Crippen LogP contribution in [-0.2, 0) is 41.4 Å². The van der Waals surface area contributed by atoms with E-state index in [2.05, 4.69) is 23.8 Å². The number of hydrogen-bond donors (Lipinski definition) is 2. The molecule has 0 radical (unpaired) electrons. The monoisotopic (exact) mass is 490 g/mol. The molecule has 0 bridgehead atoms. The average Bonchev–Trinajstić information content (AvgIpc) is 2.78. The molecule has 0 aliphatic carbocycles. The van der Waals surface area contributed by atoms with Gasteiger partial charge in [0.25, 0.3) is 0 Å². The first-order valence-electron chi connectivity index (χ1n) is 11.2. The lowest BCUT2D eigenvalue weighted by atomic mass is 9.96. The van der Waals surface area contributed by atoms with Gasteiger partial charge in [0.05, 0.1) is 32.1 Å². The van der Waals surface area contributed by atoms with Gasteiger partial charge in [0.15, 0.2) is 0 Å². The van der Waals surface area contributed by atoms with Crippen molar-refractivity contribution >= 4 is 35.5 Å². The van der Waals surface area contributed by atoms with Crippen LogP contribution < -0.4 is 10.6 Å². The second kappa shape index (κ2) is 14.4. The van der Waals surface area contributed by atoms with E-state index >= 15 is 0 Å². The summed E-state index contributed by atoms with van der Waals surface area (Å²) in [5.74, 6) is -1.08. The van der Waals surface area contributed by atoms with Crippen molar-refractivity contribution < 1.29 is 38.1 Å². The Balaban J connectivity index is 3.43. The standard InChI is InChI=1S/C25H34N2O8/c1-8-32-24(30)26-20-14-18(10-12-34-22(28)15(3)4)17(7)21(27-25(31)33-9-2)19(20)11-13-35-23(29)16(5)6/h14H,3,5,8-13H2,1-2,4,6-7H3,(H,26,30)(H,27,31). The van der Waals surface area contributed by atoms with Gasteiger partial charge in [0.2, 0.25) is 0 Å². The molecule has 0 aliphatic heterocycles. The number of ether oxygens (including phenoxy) is 4. The molecule has 10 heteroatoms. The highest BCUT2D eigenvalue weighted by molar-refractivity contribution is 5.93. The molecule has 0 spiro atoms. The van der Waals surface area contributed by atoms with Gasteiger partial charge in [0, 0.05) is 35.2 Å². The quantitative estimate of drug-likeness (QED) is 0.250. The van der Waals surface area contributed by atoms with E-state index in [0.29, 0.717) is 34.5 Å². The van der Waals surface area contributed by atoms with E-state index in [4.69, 9.17) is 18.9 Å². The van der Waals surface area contributed by atoms with E-state index in [0.717, 1.165) is 0 Å². The van der Waals surface area contributed by atoms with Crippen LogP contribution in [0.15, 0.2) is 30.4 Å². The van der Waals surface area contributed by atoms with E-state index < -0.39 is 24.1 Å². The number of nitrogens with one attached hydrogen (secondary N) is 2. The van der Waals surface area contributed by atoms with Crippen LogP contribution in [0, 0.1) is 6.92 Å². The Morgan fingerprint density at radius 3 is 1.77 bits per heavy atom. The first kappa shape index (κ1) is 29.2. The second-order valence-corrected chi connectivity index (χ2v) is 7.59. The lowest BCUT2D eigenvalue weighted by Gasteiger charge is -2.21. The van der Waals surface area contributed by atoms with Crippen LogP contribution in [0.25, 0.3) is 0 Å². The van der Waals surface area contributed by atoms with Gasteiger partial charge < -0.3 is 18.9 Å². The number of benzene rings is 1. The molecule has 0 aliphatic rings. The van der Waals surface area contributed by atoms with Crippen LogP contribution in [0.3, 0.4) is 0 Å². The molecule has 2 N–H and O–H groups in total. The Labute approximate surface area is 205 Å². The highest BCUT2D eigenvalue weighted by Gasteiger charge is 2.20. The summed E-state index contributed by atoms with van der Waals surface area (Å²) in [7, 11) is 0. The van der Waals surface area contributed by atoms with Gasteiger partial charge in [-0.15, -0.1) is 0 Å². The Hall–Kier alpha value is -3.82. The molecule has 0 saturated heterocycles. The molecule has 10 nitrogen and oxygen atoms in total. The molecular formula is C25H34N2O8. The van der Waals surface area contributed by atoms with Gasteiger partial charge in [-0.2, -0.15) is 0 Å². The topological polar surface area (TPSA) is 129 Å². The summed E-state index contributed by atoms with van der Waals surface area (Å²) < 4.78 is 20.4. The fourth-order valence-corrected chi connectivity index (χ4v) is 2.98. The minimum Gasteiger partial charge on any atom is -0.462 e. The Bertz CT molecular complexity index is 984. The van der Waals surface area contributed by atoms with Crippen LogP contribution in [0.2, 0.25) is 0 Å². The van der Waals surface area contributed by atoms with E-state index in [1.807, 2.05) is 0 Å². The predicted octanol–water partition coefficient (Wildman–Crippen LogP) is 4.46. The van der Waals surface area contributed by atoms with Crippen molar-refractivity contribution in [3.63, 3.8) is 0 Å². The highest BCUT2D eigenvalue weighted by Crippen LogP contribution is 2.33. The molecular weight excluding hydrogens is 456 g/mol. The van der Waals surface area contributed by atoms with Crippen LogP contribution in [0.5, 0.6) is 0 Å². The number of esters is 2. The van der Waals surface area contributed by atoms with E-state index in [9.17, 15) is 19.2 Å². The Morgan fingerprint density at radius 2 is 1.29 bits per heavy atom. The van der Waals surface area contributed by atoms with E-state index in [1.54, 1.807) is 33.8 Å². The van der Waals surface area contributed by atoms with Gasteiger partial charge in [-0.3, -0.25) is 10.6 Å². The molecule has 0 saturated carbocycles. The molecule has 0 aromatic heterocycles. The minimum absolute atomic E-state index is 0.0320. The molecule has 1 rings (SSSR count). The fourth-order valence-electron chi connectivity index (χ4n) is 2.98. The number of hydrogen-bond acceptors (Lipinski definition) is 8. The summed E-state index contributed by atoms with van der Waals surface area (Å²) in [6.07, 6.45) is -0.930. The van der Waals surface area contributed by atoms with Crippen LogP contribution in [0.1, 0.15) is 44.4 Å². The second-order valence-electron chi connectivity index (χ2n) is 7.59. The zero-order valence-corrected chi connectivity index (χ0v) is 21.0. The van der Waals surface area contributed by atoms with E-state index in [1.165, 1.54) is 6.92 Å². The molecule has 2 amide bonds. The molecule has 0 unspecified atom stereocenters. The third-order valence-electron chi connectivity index (χ3n) is 4.70.